The van der Waals surface area contributed by atoms with Crippen LogP contribution in [0.25, 0.3) is 0 Å². The molecule has 0 amide bonds. The summed E-state index contributed by atoms with van der Waals surface area (Å²) < 4.78 is 5.79. The van der Waals surface area contributed by atoms with E-state index < -0.39 is 5.97 Å². The Morgan fingerprint density at radius 2 is 2.20 bits per heavy atom. The zero-order chi connectivity index (χ0) is 11.4. The first-order valence-electron chi connectivity index (χ1n) is 4.36. The molecular weight excluding hydrogens is 255 g/mol. The monoisotopic (exact) mass is 264 g/mol. The van der Waals surface area contributed by atoms with Gasteiger partial charge in [0.05, 0.1) is 16.5 Å². The Morgan fingerprint density at radius 3 is 2.73 bits per heavy atom. The van der Waals surface area contributed by atoms with Crippen LogP contribution >= 0.6 is 34.5 Å². The van der Waals surface area contributed by atoms with Crippen LogP contribution in [0.15, 0.2) is 12.7 Å². The molecule has 0 aliphatic carbocycles. The molecule has 82 valence electrons. The molecule has 1 heterocycles. The first-order chi connectivity index (χ1) is 7.11. The van der Waals surface area contributed by atoms with Crippen LogP contribution in [0.5, 0.6) is 0 Å². The standard InChI is InChI=1S/C10H10Cl2O2S/c1-3-5-6-7(10(13)14-4-2)9(12)15-8(6)11/h3H,1,4-5H2,2H3. The molecule has 5 heteroatoms. The predicted molar refractivity (Wildman–Crippen MR) is 64.2 cm³/mol. The van der Waals surface area contributed by atoms with E-state index >= 15 is 0 Å². The van der Waals surface area contributed by atoms with Crippen LogP contribution in [-0.4, -0.2) is 12.6 Å². The summed E-state index contributed by atoms with van der Waals surface area (Å²) in [6.45, 7) is 5.66. The van der Waals surface area contributed by atoms with Crippen molar-refractivity contribution >= 4 is 40.5 Å². The molecule has 15 heavy (non-hydrogen) atoms. The molecular formula is C10H10Cl2O2S. The average molecular weight is 265 g/mol. The highest BCUT2D eigenvalue weighted by molar-refractivity contribution is 7.20. The molecule has 0 aliphatic rings. The van der Waals surface area contributed by atoms with Gasteiger partial charge in [-0.25, -0.2) is 4.79 Å². The molecule has 1 aromatic rings. The predicted octanol–water partition coefficient (Wildman–Crippen LogP) is 3.96. The van der Waals surface area contributed by atoms with Gasteiger partial charge in [-0.2, -0.15) is 0 Å². The Kier molecular flexibility index (Phi) is 4.64. The van der Waals surface area contributed by atoms with Crippen LogP contribution in [-0.2, 0) is 11.2 Å². The molecule has 0 bridgehead atoms. The first kappa shape index (κ1) is 12.6. The summed E-state index contributed by atoms with van der Waals surface area (Å²) in [5.41, 5.74) is 1.06. The summed E-state index contributed by atoms with van der Waals surface area (Å²) in [6.07, 6.45) is 2.18. The van der Waals surface area contributed by atoms with Crippen molar-refractivity contribution in [2.45, 2.75) is 13.3 Å². The van der Waals surface area contributed by atoms with Gasteiger partial charge in [0.1, 0.15) is 4.34 Å². The van der Waals surface area contributed by atoms with Crippen molar-refractivity contribution in [2.24, 2.45) is 0 Å². The SMILES string of the molecule is C=CCc1c(Cl)sc(Cl)c1C(=O)OCC. The van der Waals surface area contributed by atoms with Gasteiger partial charge in [0, 0.05) is 5.56 Å². The van der Waals surface area contributed by atoms with Gasteiger partial charge in [-0.15, -0.1) is 17.9 Å². The van der Waals surface area contributed by atoms with Crippen molar-refractivity contribution in [3.63, 3.8) is 0 Å². The number of allylic oxidation sites excluding steroid dienone is 1. The highest BCUT2D eigenvalue weighted by Crippen LogP contribution is 2.37. The Labute approximate surface area is 102 Å². The van der Waals surface area contributed by atoms with Crippen molar-refractivity contribution in [1.82, 2.24) is 0 Å². The van der Waals surface area contributed by atoms with Gasteiger partial charge in [0.25, 0.3) is 0 Å². The maximum Gasteiger partial charge on any atom is 0.340 e. The lowest BCUT2D eigenvalue weighted by atomic mass is 10.1. The largest absolute Gasteiger partial charge is 0.462 e. The van der Waals surface area contributed by atoms with Gasteiger partial charge < -0.3 is 4.74 Å². The van der Waals surface area contributed by atoms with Crippen LogP contribution < -0.4 is 0 Å². The molecule has 1 aromatic heterocycles. The van der Waals surface area contributed by atoms with E-state index in [2.05, 4.69) is 6.58 Å². The molecule has 0 N–H and O–H groups in total. The second-order valence-corrected chi connectivity index (χ2v) is 4.94. The number of carbonyl (C=O) groups excluding carboxylic acids is 1. The maximum absolute atomic E-state index is 11.6. The second-order valence-electron chi connectivity index (χ2n) is 2.72. The first-order valence-corrected chi connectivity index (χ1v) is 5.93. The molecule has 0 saturated heterocycles. The van der Waals surface area contributed by atoms with E-state index in [1.54, 1.807) is 13.0 Å². The molecule has 0 radical (unpaired) electrons. The van der Waals surface area contributed by atoms with E-state index in [0.29, 0.717) is 32.8 Å². The Morgan fingerprint density at radius 1 is 1.53 bits per heavy atom. The number of hydrogen-bond donors (Lipinski definition) is 0. The van der Waals surface area contributed by atoms with Crippen molar-refractivity contribution < 1.29 is 9.53 Å². The normalized spacial score (nSPS) is 10.1. The number of hydrogen-bond acceptors (Lipinski definition) is 3. The lowest BCUT2D eigenvalue weighted by molar-refractivity contribution is 0.0526. The van der Waals surface area contributed by atoms with E-state index in [4.69, 9.17) is 27.9 Å². The Hall–Kier alpha value is -0.510. The third-order valence-corrected chi connectivity index (χ3v) is 3.43. The zero-order valence-corrected chi connectivity index (χ0v) is 10.5. The summed E-state index contributed by atoms with van der Waals surface area (Å²) >= 11 is 13.0. The third-order valence-electron chi connectivity index (χ3n) is 1.74. The molecule has 0 saturated carbocycles. The minimum atomic E-state index is -0.428. The summed E-state index contributed by atoms with van der Waals surface area (Å²) in [5.74, 6) is -0.428. The van der Waals surface area contributed by atoms with Gasteiger partial charge in [0.2, 0.25) is 0 Å². The van der Waals surface area contributed by atoms with Gasteiger partial charge in [-0.05, 0) is 13.3 Å². The topological polar surface area (TPSA) is 26.3 Å². The summed E-state index contributed by atoms with van der Waals surface area (Å²) in [4.78, 5) is 11.6. The van der Waals surface area contributed by atoms with Crippen molar-refractivity contribution in [3.05, 3.63) is 32.5 Å². The van der Waals surface area contributed by atoms with E-state index in [0.717, 1.165) is 0 Å². The molecule has 0 spiro atoms. The van der Waals surface area contributed by atoms with Crippen molar-refractivity contribution in [3.8, 4) is 0 Å². The van der Waals surface area contributed by atoms with E-state index in [1.807, 2.05) is 0 Å². The number of ether oxygens (including phenoxy) is 1. The third kappa shape index (κ3) is 2.74. The molecule has 2 nitrogen and oxygen atoms in total. The van der Waals surface area contributed by atoms with E-state index in [1.165, 1.54) is 11.3 Å². The highest BCUT2D eigenvalue weighted by Gasteiger charge is 2.21. The quantitative estimate of drug-likeness (QED) is 0.608. The van der Waals surface area contributed by atoms with Crippen LogP contribution in [0.1, 0.15) is 22.8 Å². The molecule has 0 aliphatic heterocycles. The lowest BCUT2D eigenvalue weighted by Crippen LogP contribution is -2.06. The van der Waals surface area contributed by atoms with E-state index in [-0.39, 0.29) is 0 Å². The van der Waals surface area contributed by atoms with Crippen LogP contribution in [0, 0.1) is 0 Å². The number of esters is 1. The molecule has 0 unspecified atom stereocenters. The van der Waals surface area contributed by atoms with Crippen LogP contribution in [0.4, 0.5) is 0 Å². The number of halogens is 2. The fraction of sp³-hybridized carbons (Fsp3) is 0.300. The average Bonchev–Trinajstić information content (AvgIpc) is 2.43. The fourth-order valence-electron chi connectivity index (χ4n) is 1.14. The highest BCUT2D eigenvalue weighted by atomic mass is 35.5. The molecule has 1 rings (SSSR count). The van der Waals surface area contributed by atoms with Crippen LogP contribution in [0.2, 0.25) is 8.67 Å². The Bertz CT molecular complexity index is 385. The molecule has 0 aromatic carbocycles. The second kappa shape index (κ2) is 5.54. The smallest absolute Gasteiger partial charge is 0.340 e. The number of rotatable bonds is 4. The van der Waals surface area contributed by atoms with Gasteiger partial charge >= 0.3 is 5.97 Å². The van der Waals surface area contributed by atoms with Crippen LogP contribution in [0.3, 0.4) is 0 Å². The van der Waals surface area contributed by atoms with Gasteiger partial charge in [0.15, 0.2) is 0 Å². The molecule has 0 atom stereocenters. The summed E-state index contributed by atoms with van der Waals surface area (Å²) in [5, 5.41) is 0. The van der Waals surface area contributed by atoms with Crippen molar-refractivity contribution in [1.29, 1.82) is 0 Å². The minimum absolute atomic E-state index is 0.316. The maximum atomic E-state index is 11.6. The molecule has 0 fully saturated rings. The minimum Gasteiger partial charge on any atom is -0.462 e. The van der Waals surface area contributed by atoms with E-state index in [9.17, 15) is 4.79 Å². The van der Waals surface area contributed by atoms with Crippen molar-refractivity contribution in [2.75, 3.05) is 6.61 Å². The number of thiophene rings is 1. The fourth-order valence-corrected chi connectivity index (χ4v) is 2.86. The Balaban J connectivity index is 3.13. The number of carbonyl (C=O) groups is 1. The van der Waals surface area contributed by atoms with Gasteiger partial charge in [-0.3, -0.25) is 0 Å². The zero-order valence-electron chi connectivity index (χ0n) is 8.18. The summed E-state index contributed by atoms with van der Waals surface area (Å²) in [6, 6.07) is 0. The van der Waals surface area contributed by atoms with Gasteiger partial charge in [-0.1, -0.05) is 29.3 Å². The summed E-state index contributed by atoms with van der Waals surface area (Å²) in [7, 11) is 0. The lowest BCUT2D eigenvalue weighted by Gasteiger charge is -2.02.